The minimum absolute atomic E-state index is 0.173. The summed E-state index contributed by atoms with van der Waals surface area (Å²) < 4.78 is 34.2. The number of hydrogen-bond acceptors (Lipinski definition) is 1. The van der Waals surface area contributed by atoms with E-state index in [1.54, 1.807) is 19.9 Å². The van der Waals surface area contributed by atoms with Crippen molar-refractivity contribution in [1.29, 1.82) is 0 Å². The van der Waals surface area contributed by atoms with Gasteiger partial charge in [-0.1, -0.05) is 32.0 Å². The number of nitrogens with zero attached hydrogens (tertiary/aromatic N) is 2. The van der Waals surface area contributed by atoms with E-state index in [-0.39, 0.29) is 12.1 Å². The molecule has 3 heteroatoms. The van der Waals surface area contributed by atoms with E-state index in [1.165, 1.54) is 0 Å². The van der Waals surface area contributed by atoms with E-state index in [2.05, 4.69) is 4.85 Å². The summed E-state index contributed by atoms with van der Waals surface area (Å²) >= 11 is 0. The molecule has 0 bridgehead atoms. The largest absolute Gasteiger partial charge is 0.456 e. The lowest BCUT2D eigenvalue weighted by Gasteiger charge is -2.11. The fraction of sp³-hybridized carbons (Fsp3) is 0.280. The lowest BCUT2D eigenvalue weighted by molar-refractivity contribution is -0.666. The molecule has 0 unspecified atom stereocenters. The molecule has 0 atom stereocenters. The average Bonchev–Trinajstić information content (AvgIpc) is 3.03. The van der Waals surface area contributed by atoms with Gasteiger partial charge >= 0.3 is 0 Å². The van der Waals surface area contributed by atoms with Crippen LogP contribution in [0.15, 0.2) is 40.8 Å². The quantitative estimate of drug-likeness (QED) is 0.284. The Hall–Kier alpha value is -3.12. The van der Waals surface area contributed by atoms with E-state index in [9.17, 15) is 0 Å². The molecular weight excluding hydrogens is 344 g/mol. The maximum atomic E-state index is 8.98. The maximum absolute atomic E-state index is 8.98. The fourth-order valence-electron chi connectivity index (χ4n) is 3.64. The number of rotatable bonds is 2. The van der Waals surface area contributed by atoms with Crippen molar-refractivity contribution in [3.8, 4) is 11.3 Å². The fourth-order valence-corrected chi connectivity index (χ4v) is 3.64. The van der Waals surface area contributed by atoms with E-state index < -0.39 is 5.89 Å². The van der Waals surface area contributed by atoms with Crippen LogP contribution in [-0.2, 0) is 7.05 Å². The molecule has 2 heterocycles. The Morgan fingerprint density at radius 2 is 1.86 bits per heavy atom. The van der Waals surface area contributed by atoms with Crippen molar-refractivity contribution in [2.75, 3.05) is 0 Å². The summed E-state index contributed by atoms with van der Waals surface area (Å²) in [4.78, 5) is 3.59. The molecule has 4 aromatic rings. The average molecular weight is 373 g/mol. The zero-order valence-electron chi connectivity index (χ0n) is 20.1. The number of aromatic nitrogens is 1. The minimum atomic E-state index is -1.08. The van der Waals surface area contributed by atoms with Gasteiger partial charge in [0, 0.05) is 31.2 Å². The van der Waals surface area contributed by atoms with Crippen molar-refractivity contribution in [3.05, 3.63) is 70.2 Å². The molecule has 4 rings (SSSR count). The lowest BCUT2D eigenvalue weighted by atomic mass is 9.96. The number of benzene rings is 2. The number of fused-ring (bicyclic) bond motifs is 3. The molecule has 0 amide bonds. The number of hydrogen-bond donors (Lipinski definition) is 0. The minimum Gasteiger partial charge on any atom is -0.456 e. The van der Waals surface area contributed by atoms with Crippen LogP contribution in [0.4, 0.5) is 5.69 Å². The Kier molecular flexibility index (Phi) is 3.45. The van der Waals surface area contributed by atoms with Gasteiger partial charge in [0.25, 0.3) is 0 Å². The third-order valence-electron chi connectivity index (χ3n) is 5.41. The summed E-state index contributed by atoms with van der Waals surface area (Å²) in [6.07, 6.45) is 0. The second-order valence-electron chi connectivity index (χ2n) is 7.60. The predicted molar refractivity (Wildman–Crippen MR) is 115 cm³/mol. The van der Waals surface area contributed by atoms with Gasteiger partial charge < -0.3 is 4.42 Å². The van der Waals surface area contributed by atoms with E-state index >= 15 is 0 Å². The van der Waals surface area contributed by atoms with E-state index in [4.69, 9.17) is 15.1 Å². The first-order valence-electron chi connectivity index (χ1n) is 10.8. The van der Waals surface area contributed by atoms with Crippen LogP contribution in [0.3, 0.4) is 0 Å². The van der Waals surface area contributed by atoms with Crippen molar-refractivity contribution < 1.29 is 13.1 Å². The van der Waals surface area contributed by atoms with Gasteiger partial charge in [0.1, 0.15) is 18.2 Å². The molecule has 0 saturated carbocycles. The summed E-state index contributed by atoms with van der Waals surface area (Å²) in [7, 11) is 1.85. The van der Waals surface area contributed by atoms with Crippen molar-refractivity contribution in [1.82, 2.24) is 0 Å². The number of pyridine rings is 1. The van der Waals surface area contributed by atoms with Crippen LogP contribution in [0.1, 0.15) is 46.2 Å². The van der Waals surface area contributed by atoms with Crippen LogP contribution in [-0.4, -0.2) is 0 Å². The summed E-state index contributed by atoms with van der Waals surface area (Å²) in [5.74, 6) is -1.08. The zero-order chi connectivity index (χ0) is 22.8. The highest BCUT2D eigenvalue weighted by atomic mass is 16.3. The highest BCUT2D eigenvalue weighted by Crippen LogP contribution is 2.39. The van der Waals surface area contributed by atoms with Gasteiger partial charge in [-0.15, -0.1) is 0 Å². The Morgan fingerprint density at radius 1 is 1.11 bits per heavy atom. The summed E-state index contributed by atoms with van der Waals surface area (Å²) in [6.45, 7) is 16.6. The van der Waals surface area contributed by atoms with Gasteiger partial charge in [-0.2, -0.15) is 4.57 Å². The number of aryl methyl sites for hydroxylation is 2. The summed E-state index contributed by atoms with van der Waals surface area (Å²) in [6, 6.07) is 8.18. The first-order chi connectivity index (χ1) is 14.5. The van der Waals surface area contributed by atoms with Crippen LogP contribution in [0, 0.1) is 27.3 Å². The van der Waals surface area contributed by atoms with E-state index in [0.717, 1.165) is 27.5 Å². The standard InChI is InChI=1S/C25H25N2O/c1-14(2)18-11-17(5)27(7)22(12-18)24-15(3)8-9-19-20-10-16(4)21(26-6)13-23(20)28-25(19)24/h8-14H,1-5,7H3/q+1/i11D,12D,14D. The molecule has 0 aliphatic heterocycles. The number of furan rings is 1. The Morgan fingerprint density at radius 3 is 2.54 bits per heavy atom. The molecule has 2 aromatic heterocycles. The van der Waals surface area contributed by atoms with Crippen LogP contribution >= 0.6 is 0 Å². The molecule has 0 aliphatic carbocycles. The van der Waals surface area contributed by atoms with Gasteiger partial charge in [-0.05, 0) is 42.5 Å². The third kappa shape index (κ3) is 2.68. The highest BCUT2D eigenvalue weighted by molar-refractivity contribution is 6.10. The Bertz CT molecular complexity index is 1440. The van der Waals surface area contributed by atoms with E-state index in [0.29, 0.717) is 33.8 Å². The molecule has 0 N–H and O–H groups in total. The van der Waals surface area contributed by atoms with Gasteiger partial charge in [0.15, 0.2) is 11.4 Å². The Labute approximate surface area is 170 Å². The molecule has 2 aromatic carbocycles. The van der Waals surface area contributed by atoms with Crippen molar-refractivity contribution in [2.24, 2.45) is 7.05 Å². The van der Waals surface area contributed by atoms with Gasteiger partial charge in [0.2, 0.25) is 5.69 Å². The SMILES string of the molecule is [2H]c1c(C([2H])(C)C)c([2H])c(-c2c(C)ccc3c2oc2cc([N+]#[C-])c(C)cc23)[n+](C)c1C. The maximum Gasteiger partial charge on any atom is 0.216 e. The van der Waals surface area contributed by atoms with Crippen molar-refractivity contribution in [2.45, 2.75) is 40.5 Å². The van der Waals surface area contributed by atoms with Crippen LogP contribution in [0.2, 0.25) is 0 Å². The van der Waals surface area contributed by atoms with Crippen LogP contribution in [0.25, 0.3) is 38.0 Å². The second-order valence-corrected chi connectivity index (χ2v) is 7.60. The van der Waals surface area contributed by atoms with Crippen LogP contribution in [0.5, 0.6) is 0 Å². The lowest BCUT2D eigenvalue weighted by Crippen LogP contribution is -2.35. The van der Waals surface area contributed by atoms with Crippen molar-refractivity contribution >= 4 is 27.6 Å². The predicted octanol–water partition coefficient (Wildman–Crippen LogP) is 6.68. The molecule has 140 valence electrons. The molecule has 0 fully saturated rings. The molecule has 0 radical (unpaired) electrons. The van der Waals surface area contributed by atoms with Crippen molar-refractivity contribution in [3.63, 3.8) is 0 Å². The van der Waals surface area contributed by atoms with Gasteiger partial charge in [0.05, 0.1) is 14.9 Å². The summed E-state index contributed by atoms with van der Waals surface area (Å²) in [5.41, 5.74) is 6.22. The second kappa shape index (κ2) is 6.49. The molecule has 0 aliphatic rings. The Balaban J connectivity index is 2.20. The smallest absolute Gasteiger partial charge is 0.216 e. The van der Waals surface area contributed by atoms with Gasteiger partial charge in [-0.3, -0.25) is 0 Å². The molecule has 3 nitrogen and oxygen atoms in total. The third-order valence-corrected chi connectivity index (χ3v) is 5.41. The van der Waals surface area contributed by atoms with Gasteiger partial charge in [-0.25, -0.2) is 4.85 Å². The zero-order valence-corrected chi connectivity index (χ0v) is 17.1. The molecular formula is C25H25N2O+. The topological polar surface area (TPSA) is 21.4 Å². The first-order valence-corrected chi connectivity index (χ1v) is 9.32. The molecule has 0 saturated heterocycles. The normalized spacial score (nSPS) is 13.4. The monoisotopic (exact) mass is 372 g/mol. The summed E-state index contributed by atoms with van der Waals surface area (Å²) in [5, 5.41) is 1.86. The van der Waals surface area contributed by atoms with E-state index in [1.807, 2.05) is 50.6 Å². The molecule has 0 spiro atoms. The highest BCUT2D eigenvalue weighted by Gasteiger charge is 2.23. The molecule has 28 heavy (non-hydrogen) atoms. The van der Waals surface area contributed by atoms with Crippen LogP contribution < -0.4 is 4.57 Å². The first kappa shape index (κ1) is 14.9.